The van der Waals surface area contributed by atoms with E-state index in [1.165, 1.54) is 0 Å². The van der Waals surface area contributed by atoms with Gasteiger partial charge in [-0.2, -0.15) is 4.99 Å². The lowest BCUT2D eigenvalue weighted by atomic mass is 10.1. The number of nitrogens with one attached hydrogen (secondary N) is 1. The Morgan fingerprint density at radius 3 is 3.15 bits per heavy atom. The van der Waals surface area contributed by atoms with Gasteiger partial charge in [0.15, 0.2) is 11.8 Å². The molecule has 0 aromatic carbocycles. The molecule has 3 heterocycles. The predicted octanol–water partition coefficient (Wildman–Crippen LogP) is 1.91. The third kappa shape index (κ3) is 2.16. The number of aliphatic imine (C=N–C) groups is 1. The Labute approximate surface area is 121 Å². The minimum absolute atomic E-state index is 0.0708. The molecule has 1 aromatic rings. The minimum atomic E-state index is -0.235. The van der Waals surface area contributed by atoms with E-state index in [0.29, 0.717) is 11.5 Å². The quantitative estimate of drug-likeness (QED) is 0.892. The summed E-state index contributed by atoms with van der Waals surface area (Å²) in [4.78, 5) is 17.2. The molecular weight excluding hydrogens is 276 g/mol. The van der Waals surface area contributed by atoms with Crippen molar-refractivity contribution in [2.24, 2.45) is 10.7 Å². The van der Waals surface area contributed by atoms with Gasteiger partial charge in [-0.25, -0.2) is 0 Å². The molecule has 1 saturated heterocycles. The molecule has 6 nitrogen and oxygen atoms in total. The van der Waals surface area contributed by atoms with Gasteiger partial charge in [0.05, 0.1) is 16.7 Å². The molecule has 0 amide bonds. The number of thiazole rings is 1. The third-order valence-electron chi connectivity index (χ3n) is 3.58. The Kier molecular flexibility index (Phi) is 3.39. The van der Waals surface area contributed by atoms with Crippen molar-refractivity contribution in [3.05, 3.63) is 21.1 Å². The predicted molar refractivity (Wildman–Crippen MR) is 80.1 cm³/mol. The van der Waals surface area contributed by atoms with Gasteiger partial charge in [-0.3, -0.25) is 9.36 Å². The maximum atomic E-state index is 12.2. The van der Waals surface area contributed by atoms with E-state index < -0.39 is 0 Å². The zero-order valence-electron chi connectivity index (χ0n) is 11.4. The molecule has 20 heavy (non-hydrogen) atoms. The molecule has 7 heteroatoms. The van der Waals surface area contributed by atoms with Crippen molar-refractivity contribution in [3.8, 4) is 0 Å². The molecule has 0 aliphatic carbocycles. The van der Waals surface area contributed by atoms with Crippen LogP contribution < -0.4 is 15.9 Å². The third-order valence-corrected chi connectivity index (χ3v) is 4.58. The fourth-order valence-electron chi connectivity index (χ4n) is 2.70. The summed E-state index contributed by atoms with van der Waals surface area (Å²) in [6.45, 7) is 6.01. The highest BCUT2D eigenvalue weighted by molar-refractivity contribution is 7.11. The van der Waals surface area contributed by atoms with E-state index >= 15 is 0 Å². The summed E-state index contributed by atoms with van der Waals surface area (Å²) in [5.41, 5.74) is 6.34. The zero-order valence-corrected chi connectivity index (χ0v) is 12.2. The van der Waals surface area contributed by atoms with E-state index in [9.17, 15) is 4.79 Å². The van der Waals surface area contributed by atoms with Gasteiger partial charge in [0.25, 0.3) is 0 Å². The zero-order chi connectivity index (χ0) is 14.3. The highest BCUT2D eigenvalue weighted by Gasteiger charge is 2.31. The van der Waals surface area contributed by atoms with E-state index in [1.807, 2.05) is 0 Å². The molecule has 2 aliphatic rings. The summed E-state index contributed by atoms with van der Waals surface area (Å²) in [5, 5.41) is 2.85. The van der Waals surface area contributed by atoms with Crippen LogP contribution in [-0.4, -0.2) is 16.6 Å². The number of hydrogen-bond acceptors (Lipinski definition) is 6. The minimum Gasteiger partial charge on any atom is -0.369 e. The number of ether oxygens (including phenoxy) is 1. The number of fused-ring (bicyclic) bond motifs is 1. The lowest BCUT2D eigenvalue weighted by molar-refractivity contribution is -0.00161. The molecular formula is C13H18N4O2S. The molecule has 3 N–H and O–H groups in total. The number of guanidine groups is 1. The van der Waals surface area contributed by atoms with Crippen LogP contribution in [-0.2, 0) is 4.74 Å². The first-order chi connectivity index (χ1) is 9.60. The molecule has 0 bridgehead atoms. The van der Waals surface area contributed by atoms with Crippen LogP contribution in [0.3, 0.4) is 0 Å². The fraction of sp³-hybridized carbons (Fsp3) is 0.538. The van der Waals surface area contributed by atoms with E-state index in [2.05, 4.69) is 23.8 Å². The van der Waals surface area contributed by atoms with Crippen molar-refractivity contribution in [1.29, 1.82) is 0 Å². The Morgan fingerprint density at radius 1 is 1.60 bits per heavy atom. The van der Waals surface area contributed by atoms with Gasteiger partial charge in [-0.05, 0) is 19.3 Å². The van der Waals surface area contributed by atoms with Crippen LogP contribution in [0.15, 0.2) is 16.4 Å². The van der Waals surface area contributed by atoms with Crippen molar-refractivity contribution >= 4 is 28.8 Å². The topological polar surface area (TPSA) is 81.6 Å². The molecule has 1 fully saturated rings. The van der Waals surface area contributed by atoms with Crippen molar-refractivity contribution in [2.45, 2.75) is 44.9 Å². The number of hydrogen-bond donors (Lipinski definition) is 2. The maximum Gasteiger partial charge on any atom is 0.311 e. The lowest BCUT2D eigenvalue weighted by Gasteiger charge is -2.18. The van der Waals surface area contributed by atoms with Crippen LogP contribution >= 0.6 is 11.3 Å². The number of aromatic nitrogens is 1. The smallest absolute Gasteiger partial charge is 0.311 e. The van der Waals surface area contributed by atoms with Gasteiger partial charge in [0.2, 0.25) is 0 Å². The molecule has 0 spiro atoms. The van der Waals surface area contributed by atoms with Gasteiger partial charge >= 0.3 is 4.87 Å². The molecule has 108 valence electrons. The van der Waals surface area contributed by atoms with Crippen LogP contribution in [0.1, 0.15) is 43.7 Å². The Morgan fingerprint density at radius 2 is 2.40 bits per heavy atom. The van der Waals surface area contributed by atoms with Crippen molar-refractivity contribution < 1.29 is 4.74 Å². The van der Waals surface area contributed by atoms with E-state index in [1.54, 1.807) is 4.57 Å². The van der Waals surface area contributed by atoms with E-state index in [4.69, 9.17) is 10.5 Å². The van der Waals surface area contributed by atoms with Crippen molar-refractivity contribution in [1.82, 2.24) is 9.88 Å². The highest BCUT2D eigenvalue weighted by atomic mass is 32.1. The molecule has 3 rings (SSSR count). The summed E-state index contributed by atoms with van der Waals surface area (Å²) in [6.07, 6.45) is 3.92. The van der Waals surface area contributed by atoms with Crippen molar-refractivity contribution in [3.63, 3.8) is 0 Å². The summed E-state index contributed by atoms with van der Waals surface area (Å²) in [5.74, 6) is 0.834. The second-order valence-corrected chi connectivity index (χ2v) is 6.03. The first-order valence-electron chi connectivity index (χ1n) is 6.81. The van der Waals surface area contributed by atoms with E-state index in [0.717, 1.165) is 41.9 Å². The van der Waals surface area contributed by atoms with Gasteiger partial charge < -0.3 is 15.8 Å². The highest BCUT2D eigenvalue weighted by Crippen LogP contribution is 2.37. The molecule has 0 radical (unpaired) electrons. The first-order valence-corrected chi connectivity index (χ1v) is 7.63. The van der Waals surface area contributed by atoms with Gasteiger partial charge in [0, 0.05) is 0 Å². The summed E-state index contributed by atoms with van der Waals surface area (Å²) >= 11 is 1.13. The van der Waals surface area contributed by atoms with E-state index in [-0.39, 0.29) is 23.2 Å². The summed E-state index contributed by atoms with van der Waals surface area (Å²) in [6, 6.07) is 0. The first kappa shape index (κ1) is 13.4. The molecule has 2 aliphatic heterocycles. The van der Waals surface area contributed by atoms with Crippen LogP contribution in [0.5, 0.6) is 0 Å². The molecule has 2 atom stereocenters. The van der Waals surface area contributed by atoms with Crippen molar-refractivity contribution in [2.75, 3.05) is 0 Å². The molecule has 2 unspecified atom stereocenters. The average Bonchev–Trinajstić information content (AvgIpc) is 2.94. The monoisotopic (exact) mass is 294 g/mol. The average molecular weight is 294 g/mol. The summed E-state index contributed by atoms with van der Waals surface area (Å²) < 4.78 is 7.59. The van der Waals surface area contributed by atoms with Crippen LogP contribution in [0.2, 0.25) is 0 Å². The SMILES string of the molecule is C=C1NC(N)=Nc2c1sc(=O)n2C1CCC(CCC)O1. The molecule has 0 saturated carbocycles. The lowest BCUT2D eigenvalue weighted by Crippen LogP contribution is -2.32. The number of nitrogens with two attached hydrogens (primary N) is 1. The van der Waals surface area contributed by atoms with Gasteiger partial charge in [0.1, 0.15) is 6.23 Å². The fourth-order valence-corrected chi connectivity index (χ4v) is 3.58. The number of nitrogens with zero attached hydrogens (tertiary/aromatic N) is 2. The normalized spacial score (nSPS) is 25.2. The van der Waals surface area contributed by atoms with Gasteiger partial charge in [-0.1, -0.05) is 31.3 Å². The molecule has 1 aromatic heterocycles. The standard InChI is InChI=1S/C13H18N4O2S/c1-3-4-8-5-6-9(19-8)17-11-10(20-13(17)18)7(2)15-12(14)16-11/h8-9H,2-6H2,1H3,(H3,14,15,16). The number of rotatable bonds is 3. The Bertz CT molecular complexity index is 631. The van der Waals surface area contributed by atoms with Gasteiger partial charge in [-0.15, -0.1) is 0 Å². The summed E-state index contributed by atoms with van der Waals surface area (Å²) in [7, 11) is 0. The van der Waals surface area contributed by atoms with Crippen LogP contribution in [0.4, 0.5) is 5.82 Å². The second-order valence-electron chi connectivity index (χ2n) is 5.07. The van der Waals surface area contributed by atoms with Crippen LogP contribution in [0, 0.1) is 0 Å². The largest absolute Gasteiger partial charge is 0.369 e. The second kappa shape index (κ2) is 5.06. The van der Waals surface area contributed by atoms with Crippen LogP contribution in [0.25, 0.3) is 5.70 Å². The Balaban J connectivity index is 1.96. The Hall–Kier alpha value is -1.60. The maximum absolute atomic E-state index is 12.2.